The van der Waals surface area contributed by atoms with E-state index >= 15 is 0 Å². The molecule has 3 rings (SSSR count). The summed E-state index contributed by atoms with van der Waals surface area (Å²) in [5.74, 6) is 0. The summed E-state index contributed by atoms with van der Waals surface area (Å²) < 4.78 is 0. The number of hydrogen-bond donors (Lipinski definition) is 0. The number of halogens is 4. The smallest absolute Gasteiger partial charge is 0.0167 e. The van der Waals surface area contributed by atoms with E-state index in [1.807, 2.05) is 0 Å². The maximum atomic E-state index is 3.34. The summed E-state index contributed by atoms with van der Waals surface area (Å²) in [6, 6.07) is 19.1. The number of benzene rings is 2. The Morgan fingerprint density at radius 2 is 1.24 bits per heavy atom. The van der Waals surface area contributed by atoms with Crippen molar-refractivity contribution in [3.05, 3.63) is 83.3 Å². The van der Waals surface area contributed by atoms with Crippen LogP contribution in [0.1, 0.15) is 16.7 Å². The summed E-state index contributed by atoms with van der Waals surface area (Å²) in [6.45, 7) is 0. The Balaban J connectivity index is 0.000000282. The monoisotopic (exact) mass is 611 g/mol. The molecular formula is C16H13Br4Zr. The molecule has 0 aromatic heterocycles. The van der Waals surface area contributed by atoms with Gasteiger partial charge in [0.1, 0.15) is 0 Å². The zero-order valence-corrected chi connectivity index (χ0v) is 19.9. The number of fused-ring (bicyclic) bond motifs is 1. The van der Waals surface area contributed by atoms with Crippen LogP contribution in [0.15, 0.2) is 60.2 Å². The molecule has 1 aliphatic rings. The molecule has 0 saturated heterocycles. The van der Waals surface area contributed by atoms with E-state index in [1.165, 1.54) is 22.3 Å². The Morgan fingerprint density at radius 3 is 1.81 bits per heavy atom. The molecule has 0 fully saturated rings. The number of hydrogen-bond acceptors (Lipinski definition) is 0. The van der Waals surface area contributed by atoms with Crippen LogP contribution >= 0.6 is 48.9 Å². The van der Waals surface area contributed by atoms with Crippen LogP contribution in [0.25, 0.3) is 6.08 Å². The van der Waals surface area contributed by atoms with E-state index in [4.69, 9.17) is 0 Å². The first-order chi connectivity index (χ1) is 9.92. The first kappa shape index (κ1) is 18.3. The van der Waals surface area contributed by atoms with E-state index in [0.717, 1.165) is 6.42 Å². The molecule has 2 aromatic rings. The molecule has 5 heteroatoms. The van der Waals surface area contributed by atoms with Gasteiger partial charge in [0.05, 0.1) is 0 Å². The minimum Gasteiger partial charge on any atom is -0.0622 e. The van der Waals surface area contributed by atoms with E-state index < -0.39 is 10.9 Å². The van der Waals surface area contributed by atoms with Gasteiger partial charge >= 0.3 is 59.7 Å². The van der Waals surface area contributed by atoms with Crippen molar-refractivity contribution in [2.75, 3.05) is 0 Å². The fourth-order valence-electron chi connectivity index (χ4n) is 2.15. The van der Waals surface area contributed by atoms with Gasteiger partial charge in [0.25, 0.3) is 0 Å². The maximum absolute atomic E-state index is 3.34. The second kappa shape index (κ2) is 8.73. The zero-order valence-electron chi connectivity index (χ0n) is 11.1. The second-order valence-corrected chi connectivity index (χ2v) is 72.6. The van der Waals surface area contributed by atoms with Crippen LogP contribution in [0.4, 0.5) is 0 Å². The summed E-state index contributed by atoms with van der Waals surface area (Å²) in [5, 5.41) is 0. The van der Waals surface area contributed by atoms with Gasteiger partial charge in [-0.25, -0.2) is 0 Å². The van der Waals surface area contributed by atoms with Crippen LogP contribution in [0.5, 0.6) is 0 Å². The Kier molecular flexibility index (Phi) is 7.62. The van der Waals surface area contributed by atoms with Crippen molar-refractivity contribution >= 4 is 55.0 Å². The van der Waals surface area contributed by atoms with Gasteiger partial charge in [-0.05, 0) is 23.1 Å². The molecule has 0 heterocycles. The van der Waals surface area contributed by atoms with E-state index in [1.54, 1.807) is 0 Å². The van der Waals surface area contributed by atoms with Crippen molar-refractivity contribution in [3.63, 3.8) is 0 Å². The summed E-state index contributed by atoms with van der Waals surface area (Å²) in [5.41, 5.74) is 5.45. The quantitative estimate of drug-likeness (QED) is 0.334. The third kappa shape index (κ3) is 7.39. The van der Waals surface area contributed by atoms with Gasteiger partial charge in [-0.1, -0.05) is 66.2 Å². The van der Waals surface area contributed by atoms with E-state index in [9.17, 15) is 0 Å². The predicted octanol–water partition coefficient (Wildman–Crippen LogP) is 7.26. The van der Waals surface area contributed by atoms with Crippen molar-refractivity contribution in [1.29, 1.82) is 0 Å². The van der Waals surface area contributed by atoms with Crippen molar-refractivity contribution in [2.45, 2.75) is 6.42 Å². The number of rotatable bonds is 2. The Labute approximate surface area is 153 Å². The van der Waals surface area contributed by atoms with Crippen molar-refractivity contribution in [1.82, 2.24) is 0 Å². The third-order valence-electron chi connectivity index (χ3n) is 2.93. The van der Waals surface area contributed by atoms with Crippen molar-refractivity contribution < 1.29 is 10.9 Å². The van der Waals surface area contributed by atoms with Gasteiger partial charge in [0.2, 0.25) is 0 Å². The van der Waals surface area contributed by atoms with E-state index in [-0.39, 0.29) is 0 Å². The van der Waals surface area contributed by atoms with Gasteiger partial charge in [-0.15, -0.1) is 0 Å². The molecule has 0 unspecified atom stereocenters. The molecule has 0 saturated carbocycles. The minimum atomic E-state index is -1.93. The average Bonchev–Trinajstić information content (AvgIpc) is 2.80. The molecular weight excluding hydrogens is 603 g/mol. The van der Waals surface area contributed by atoms with Crippen LogP contribution in [-0.4, -0.2) is 0 Å². The third-order valence-corrected chi connectivity index (χ3v) is 2.93. The molecule has 2 aromatic carbocycles. The SMILES string of the molecule is [Br][Zr]([Br])([Br])[Br].[CH]1C(Cc2ccccc2)=Cc2ccccc21. The van der Waals surface area contributed by atoms with Gasteiger partial charge in [-0.3, -0.25) is 0 Å². The Hall–Kier alpha value is 0.983. The normalized spacial score (nSPS) is 13.0. The molecule has 21 heavy (non-hydrogen) atoms. The molecule has 0 aliphatic heterocycles. The predicted molar refractivity (Wildman–Crippen MR) is 104 cm³/mol. The number of allylic oxidation sites excluding steroid dienone is 1. The largest absolute Gasteiger partial charge is 0.0622 e. The van der Waals surface area contributed by atoms with Crippen LogP contribution < -0.4 is 0 Å². The maximum Gasteiger partial charge on any atom is 0.0167 e. The minimum absolute atomic E-state index is 1.02. The van der Waals surface area contributed by atoms with Gasteiger partial charge in [0.15, 0.2) is 0 Å². The van der Waals surface area contributed by atoms with Crippen LogP contribution in [0.3, 0.4) is 0 Å². The Bertz CT molecular complexity index is 612. The van der Waals surface area contributed by atoms with Gasteiger partial charge in [0, 0.05) is 6.42 Å². The summed E-state index contributed by atoms with van der Waals surface area (Å²) in [7, 11) is -1.93. The fraction of sp³-hybridized carbons (Fsp3) is 0.0625. The van der Waals surface area contributed by atoms with Gasteiger partial charge < -0.3 is 0 Å². The molecule has 0 N–H and O–H groups in total. The average molecular weight is 616 g/mol. The van der Waals surface area contributed by atoms with Crippen molar-refractivity contribution in [2.24, 2.45) is 0 Å². The van der Waals surface area contributed by atoms with Crippen LogP contribution in [-0.2, 0) is 17.3 Å². The fourth-order valence-corrected chi connectivity index (χ4v) is 2.15. The molecule has 0 atom stereocenters. The topological polar surface area (TPSA) is 0 Å². The summed E-state index contributed by atoms with van der Waals surface area (Å²) in [6.07, 6.45) is 5.58. The van der Waals surface area contributed by atoms with E-state index in [2.05, 4.69) is 116 Å². The first-order valence-electron chi connectivity index (χ1n) is 6.36. The summed E-state index contributed by atoms with van der Waals surface area (Å²) in [4.78, 5) is 0. The van der Waals surface area contributed by atoms with Crippen LogP contribution in [0, 0.1) is 6.42 Å². The standard InChI is InChI=1S/C16H13.4BrH.Zr/c1-2-6-13(7-3-1)10-14-11-15-8-4-5-9-16(15)12-14;;;;;/h1-9,11-12H,10H2;4*1H;/q;;;;;+4/p-4. The molecule has 0 bridgehead atoms. The Morgan fingerprint density at radius 1 is 0.714 bits per heavy atom. The summed E-state index contributed by atoms with van der Waals surface area (Å²) >= 11 is 13.3. The molecule has 0 amide bonds. The molecule has 1 radical (unpaired) electrons. The van der Waals surface area contributed by atoms with Crippen molar-refractivity contribution in [3.8, 4) is 0 Å². The second-order valence-electron chi connectivity index (χ2n) is 4.58. The zero-order chi connectivity index (χ0) is 15.3. The van der Waals surface area contributed by atoms with Gasteiger partial charge in [-0.2, -0.15) is 0 Å². The molecule has 0 spiro atoms. The molecule has 109 valence electrons. The first-order valence-corrected chi connectivity index (χ1v) is 28.8. The molecule has 1 aliphatic carbocycles. The van der Waals surface area contributed by atoms with Crippen LogP contribution in [0.2, 0.25) is 0 Å². The molecule has 0 nitrogen and oxygen atoms in total. The van der Waals surface area contributed by atoms with E-state index in [0.29, 0.717) is 0 Å².